The van der Waals surface area contributed by atoms with Crippen LogP contribution in [0.15, 0.2) is 31.0 Å². The first-order chi connectivity index (χ1) is 11.3. The third kappa shape index (κ3) is 2.38. The highest BCUT2D eigenvalue weighted by molar-refractivity contribution is 5.89. The second-order valence-corrected chi connectivity index (χ2v) is 6.44. The van der Waals surface area contributed by atoms with Gasteiger partial charge in [-0.05, 0) is 30.7 Å². The third-order valence-electron chi connectivity index (χ3n) is 4.82. The zero-order valence-corrected chi connectivity index (χ0v) is 13.0. The largest absolute Gasteiger partial charge is 0.346 e. The Labute approximate surface area is 134 Å². The summed E-state index contributed by atoms with van der Waals surface area (Å²) in [6, 6.07) is 4.45. The molecule has 0 radical (unpaired) electrons. The van der Waals surface area contributed by atoms with Crippen LogP contribution in [0.3, 0.4) is 0 Å². The topological polar surface area (TPSA) is 83.2 Å². The number of nitrogens with zero attached hydrogens (tertiary/aromatic N) is 5. The van der Waals surface area contributed by atoms with Gasteiger partial charge in [-0.15, -0.1) is 0 Å². The van der Waals surface area contributed by atoms with Crippen LogP contribution in [0.4, 0.5) is 0 Å². The van der Waals surface area contributed by atoms with Crippen LogP contribution in [0.2, 0.25) is 0 Å². The third-order valence-corrected chi connectivity index (χ3v) is 4.82. The molecule has 3 heterocycles. The SMILES string of the molecule is C[C@H]1C[C@H]([C@@H](CC#N)n2cc(-c3ncnc4[nH]ccc34)cn2)C1. The molecule has 6 nitrogen and oxygen atoms in total. The zero-order chi connectivity index (χ0) is 15.8. The van der Waals surface area contributed by atoms with E-state index in [-0.39, 0.29) is 6.04 Å². The van der Waals surface area contributed by atoms with Gasteiger partial charge in [-0.3, -0.25) is 4.68 Å². The van der Waals surface area contributed by atoms with E-state index in [2.05, 4.69) is 33.0 Å². The van der Waals surface area contributed by atoms with Crippen molar-refractivity contribution in [3.63, 3.8) is 0 Å². The molecule has 1 N–H and O–H groups in total. The Morgan fingerprint density at radius 3 is 3.09 bits per heavy atom. The molecule has 4 rings (SSSR count). The van der Waals surface area contributed by atoms with Gasteiger partial charge in [-0.25, -0.2) is 9.97 Å². The highest BCUT2D eigenvalue weighted by atomic mass is 15.3. The van der Waals surface area contributed by atoms with Crippen LogP contribution in [0, 0.1) is 23.2 Å². The number of fused-ring (bicyclic) bond motifs is 1. The number of nitriles is 1. The highest BCUT2D eigenvalue weighted by Crippen LogP contribution is 2.42. The van der Waals surface area contributed by atoms with Crippen LogP contribution in [-0.2, 0) is 0 Å². The predicted molar refractivity (Wildman–Crippen MR) is 86.3 cm³/mol. The maximum absolute atomic E-state index is 9.15. The summed E-state index contributed by atoms with van der Waals surface area (Å²) in [4.78, 5) is 11.7. The number of aromatic nitrogens is 5. The van der Waals surface area contributed by atoms with Crippen LogP contribution in [0.5, 0.6) is 0 Å². The number of hydrogen-bond acceptors (Lipinski definition) is 4. The van der Waals surface area contributed by atoms with Crippen LogP contribution in [0.1, 0.15) is 32.2 Å². The average molecular weight is 306 g/mol. The molecule has 0 aliphatic heterocycles. The Kier molecular flexibility index (Phi) is 3.34. The summed E-state index contributed by atoms with van der Waals surface area (Å²) in [6.07, 6.45) is 10.1. The van der Waals surface area contributed by atoms with Gasteiger partial charge in [0.25, 0.3) is 0 Å². The molecule has 116 valence electrons. The van der Waals surface area contributed by atoms with Gasteiger partial charge >= 0.3 is 0 Å². The molecule has 0 amide bonds. The fraction of sp³-hybridized carbons (Fsp3) is 0.412. The van der Waals surface area contributed by atoms with Crippen LogP contribution >= 0.6 is 0 Å². The van der Waals surface area contributed by atoms with Crippen molar-refractivity contribution >= 4 is 11.0 Å². The van der Waals surface area contributed by atoms with Crippen molar-refractivity contribution in [3.05, 3.63) is 31.0 Å². The molecule has 3 aromatic heterocycles. The van der Waals surface area contributed by atoms with E-state index in [1.807, 2.05) is 29.3 Å². The lowest BCUT2D eigenvalue weighted by molar-refractivity contribution is 0.134. The summed E-state index contributed by atoms with van der Waals surface area (Å²) in [5.41, 5.74) is 2.66. The fourth-order valence-electron chi connectivity index (χ4n) is 3.59. The summed E-state index contributed by atoms with van der Waals surface area (Å²) in [5, 5.41) is 14.7. The number of hydrogen-bond donors (Lipinski definition) is 1. The molecule has 0 bridgehead atoms. The number of nitrogens with one attached hydrogen (secondary N) is 1. The molecule has 0 unspecified atom stereocenters. The van der Waals surface area contributed by atoms with Crippen molar-refractivity contribution in [2.24, 2.45) is 11.8 Å². The van der Waals surface area contributed by atoms with E-state index < -0.39 is 0 Å². The summed E-state index contributed by atoms with van der Waals surface area (Å²) in [7, 11) is 0. The van der Waals surface area contributed by atoms with Gasteiger partial charge < -0.3 is 4.98 Å². The molecule has 0 saturated heterocycles. The van der Waals surface area contributed by atoms with Crippen molar-refractivity contribution in [1.29, 1.82) is 5.26 Å². The van der Waals surface area contributed by atoms with Gasteiger partial charge in [0.1, 0.15) is 12.0 Å². The van der Waals surface area contributed by atoms with Gasteiger partial charge in [0.2, 0.25) is 0 Å². The summed E-state index contributed by atoms with van der Waals surface area (Å²) >= 11 is 0. The van der Waals surface area contributed by atoms with Gasteiger partial charge in [0.15, 0.2) is 0 Å². The lowest BCUT2D eigenvalue weighted by atomic mass is 9.71. The summed E-state index contributed by atoms with van der Waals surface area (Å²) in [5.74, 6) is 1.31. The van der Waals surface area contributed by atoms with Crippen molar-refractivity contribution < 1.29 is 0 Å². The molecule has 23 heavy (non-hydrogen) atoms. The quantitative estimate of drug-likeness (QED) is 0.801. The van der Waals surface area contributed by atoms with E-state index in [1.165, 1.54) is 12.8 Å². The second kappa shape index (κ2) is 5.51. The van der Waals surface area contributed by atoms with Crippen molar-refractivity contribution in [2.45, 2.75) is 32.2 Å². The lowest BCUT2D eigenvalue weighted by Crippen LogP contribution is -2.30. The Morgan fingerprint density at radius 2 is 2.30 bits per heavy atom. The second-order valence-electron chi connectivity index (χ2n) is 6.44. The Bertz CT molecular complexity index is 864. The van der Waals surface area contributed by atoms with E-state index in [1.54, 1.807) is 6.33 Å². The van der Waals surface area contributed by atoms with Gasteiger partial charge in [-0.1, -0.05) is 6.92 Å². The van der Waals surface area contributed by atoms with E-state index in [0.717, 1.165) is 28.2 Å². The predicted octanol–water partition coefficient (Wildman–Crippen LogP) is 3.32. The Morgan fingerprint density at radius 1 is 1.43 bits per heavy atom. The minimum atomic E-state index is 0.161. The first-order valence-corrected chi connectivity index (χ1v) is 7.96. The zero-order valence-electron chi connectivity index (χ0n) is 13.0. The highest BCUT2D eigenvalue weighted by Gasteiger charge is 2.34. The number of rotatable bonds is 4. The normalized spacial score (nSPS) is 21.7. The first-order valence-electron chi connectivity index (χ1n) is 7.96. The van der Waals surface area contributed by atoms with E-state index in [0.29, 0.717) is 12.3 Å². The minimum Gasteiger partial charge on any atom is -0.346 e. The first kappa shape index (κ1) is 13.9. The van der Waals surface area contributed by atoms with Gasteiger partial charge in [-0.2, -0.15) is 10.4 Å². The van der Waals surface area contributed by atoms with E-state index in [9.17, 15) is 0 Å². The lowest BCUT2D eigenvalue weighted by Gasteiger charge is -2.37. The molecule has 6 heteroatoms. The van der Waals surface area contributed by atoms with Crippen molar-refractivity contribution in [3.8, 4) is 17.3 Å². The molecule has 1 atom stereocenters. The molecule has 1 aliphatic rings. The molecule has 3 aromatic rings. The fourth-order valence-corrected chi connectivity index (χ4v) is 3.59. The molecule has 0 aromatic carbocycles. The molecule has 1 fully saturated rings. The number of aromatic amines is 1. The smallest absolute Gasteiger partial charge is 0.141 e. The Balaban J connectivity index is 1.68. The molecule has 1 aliphatic carbocycles. The summed E-state index contributed by atoms with van der Waals surface area (Å²) < 4.78 is 1.95. The van der Waals surface area contributed by atoms with Gasteiger partial charge in [0, 0.05) is 23.3 Å². The van der Waals surface area contributed by atoms with Crippen LogP contribution in [0.25, 0.3) is 22.3 Å². The minimum absolute atomic E-state index is 0.161. The molecule has 1 saturated carbocycles. The van der Waals surface area contributed by atoms with Crippen LogP contribution < -0.4 is 0 Å². The Hall–Kier alpha value is -2.68. The standard InChI is InChI=1S/C17H18N6/c1-11-6-12(7-11)15(2-4-18)23-9-13(8-22-23)16-14-3-5-19-17(14)21-10-20-16/h3,5,8-12,15H,2,6-7H2,1H3,(H,19,20,21)/t11-,12-,15-/m1/s1. The average Bonchev–Trinajstić information content (AvgIpc) is 3.18. The van der Waals surface area contributed by atoms with E-state index in [4.69, 9.17) is 5.26 Å². The van der Waals surface area contributed by atoms with E-state index >= 15 is 0 Å². The molecular formula is C17H18N6. The van der Waals surface area contributed by atoms with Crippen LogP contribution in [-0.4, -0.2) is 24.7 Å². The van der Waals surface area contributed by atoms with Crippen molar-refractivity contribution in [1.82, 2.24) is 24.7 Å². The maximum atomic E-state index is 9.15. The maximum Gasteiger partial charge on any atom is 0.141 e. The van der Waals surface area contributed by atoms with Crippen molar-refractivity contribution in [2.75, 3.05) is 0 Å². The molecular weight excluding hydrogens is 288 g/mol. The number of H-pyrrole nitrogens is 1. The molecule has 0 spiro atoms. The summed E-state index contributed by atoms with van der Waals surface area (Å²) in [6.45, 7) is 2.26. The van der Waals surface area contributed by atoms with Gasteiger partial charge in [0.05, 0.1) is 30.4 Å². The monoisotopic (exact) mass is 306 g/mol.